The number of nitrogens with zero attached hydrogens (tertiary/aromatic N) is 3. The maximum Gasteiger partial charge on any atom is 0.260 e. The summed E-state index contributed by atoms with van der Waals surface area (Å²) < 4.78 is 2.26. The minimum absolute atomic E-state index is 0.107. The molecule has 2 aromatic rings. The summed E-state index contributed by atoms with van der Waals surface area (Å²) in [6.45, 7) is 2.27. The van der Waals surface area contributed by atoms with Crippen molar-refractivity contribution in [1.29, 1.82) is 0 Å². The molecular weight excluding hydrogens is 352 g/mol. The molecule has 1 atom stereocenters. The number of piperidine rings is 1. The van der Waals surface area contributed by atoms with Gasteiger partial charge in [0, 0.05) is 44.1 Å². The second kappa shape index (κ2) is 7.27. The fourth-order valence-corrected chi connectivity index (χ4v) is 4.11. The highest BCUT2D eigenvalue weighted by molar-refractivity contribution is 6.30. The Labute approximate surface area is 157 Å². The Kier molecular flexibility index (Phi) is 4.85. The topological polar surface area (TPSA) is 71.0 Å². The normalized spacial score (nSPS) is 20.8. The fourth-order valence-electron chi connectivity index (χ4n) is 3.95. The molecule has 2 aromatic heterocycles. The molecule has 0 radical (unpaired) electrons. The molecule has 138 valence electrons. The predicted molar refractivity (Wildman–Crippen MR) is 99.5 cm³/mol. The number of imidazole rings is 1. The largest absolute Gasteiger partial charge is 0.338 e. The molecule has 26 heavy (non-hydrogen) atoms. The third kappa shape index (κ3) is 3.43. The van der Waals surface area contributed by atoms with Gasteiger partial charge in [0.15, 0.2) is 0 Å². The highest BCUT2D eigenvalue weighted by Gasteiger charge is 2.30. The number of halogens is 1. The van der Waals surface area contributed by atoms with E-state index >= 15 is 0 Å². The van der Waals surface area contributed by atoms with Crippen LogP contribution in [0.3, 0.4) is 0 Å². The Morgan fingerprint density at radius 3 is 2.92 bits per heavy atom. The van der Waals surface area contributed by atoms with Gasteiger partial charge in [0.25, 0.3) is 11.5 Å². The quantitative estimate of drug-likeness (QED) is 0.894. The first-order valence-electron chi connectivity index (χ1n) is 9.30. The van der Waals surface area contributed by atoms with Crippen LogP contribution >= 0.6 is 11.6 Å². The van der Waals surface area contributed by atoms with Crippen molar-refractivity contribution in [2.24, 2.45) is 5.92 Å². The molecule has 1 saturated carbocycles. The zero-order valence-electron chi connectivity index (χ0n) is 14.7. The zero-order chi connectivity index (χ0) is 18.1. The Hall–Kier alpha value is -2.08. The molecule has 3 heterocycles. The fraction of sp³-hybridized carbons (Fsp3) is 0.526. The maximum atomic E-state index is 12.8. The minimum atomic E-state index is -0.395. The molecule has 0 unspecified atom stereocenters. The number of amides is 1. The molecule has 2 fully saturated rings. The molecule has 0 aromatic carbocycles. The van der Waals surface area contributed by atoms with E-state index in [0.29, 0.717) is 18.1 Å². The SMILES string of the molecule is O=C(c1cc(Cl)c[nH]c1=O)N1CCC[C@H](c2nccn2CC2CCC2)C1. The van der Waals surface area contributed by atoms with E-state index in [1.54, 1.807) is 4.90 Å². The highest BCUT2D eigenvalue weighted by Crippen LogP contribution is 2.31. The molecule has 1 saturated heterocycles. The van der Waals surface area contributed by atoms with Crippen LogP contribution in [0.1, 0.15) is 54.2 Å². The average molecular weight is 375 g/mol. The van der Waals surface area contributed by atoms with Crippen molar-refractivity contribution in [1.82, 2.24) is 19.4 Å². The van der Waals surface area contributed by atoms with Crippen molar-refractivity contribution < 1.29 is 4.79 Å². The van der Waals surface area contributed by atoms with Crippen LogP contribution < -0.4 is 5.56 Å². The van der Waals surface area contributed by atoms with E-state index in [4.69, 9.17) is 11.6 Å². The monoisotopic (exact) mass is 374 g/mol. The number of likely N-dealkylation sites (tertiary alicyclic amines) is 1. The molecule has 7 heteroatoms. The average Bonchev–Trinajstić information content (AvgIpc) is 3.08. The van der Waals surface area contributed by atoms with Gasteiger partial charge in [0.05, 0.1) is 5.02 Å². The second-order valence-corrected chi connectivity index (χ2v) is 7.82. The molecule has 2 aliphatic rings. The van der Waals surface area contributed by atoms with Crippen LogP contribution in [0.4, 0.5) is 0 Å². The van der Waals surface area contributed by atoms with E-state index in [2.05, 4.69) is 20.7 Å². The lowest BCUT2D eigenvalue weighted by Gasteiger charge is -2.33. The van der Waals surface area contributed by atoms with E-state index in [9.17, 15) is 9.59 Å². The molecule has 1 N–H and O–H groups in total. The molecule has 4 rings (SSSR count). The molecule has 1 amide bonds. The summed E-state index contributed by atoms with van der Waals surface area (Å²) in [6.07, 6.45) is 11.1. The van der Waals surface area contributed by atoms with Crippen molar-refractivity contribution >= 4 is 17.5 Å². The maximum absolute atomic E-state index is 12.8. The summed E-state index contributed by atoms with van der Waals surface area (Å²) in [7, 11) is 0. The van der Waals surface area contributed by atoms with E-state index in [1.165, 1.54) is 31.5 Å². The van der Waals surface area contributed by atoms with Gasteiger partial charge in [-0.1, -0.05) is 18.0 Å². The van der Waals surface area contributed by atoms with Gasteiger partial charge in [-0.15, -0.1) is 0 Å². The number of hydrogen-bond acceptors (Lipinski definition) is 3. The van der Waals surface area contributed by atoms with E-state index in [0.717, 1.165) is 31.1 Å². The van der Waals surface area contributed by atoms with Crippen molar-refractivity contribution in [3.8, 4) is 0 Å². The molecule has 0 spiro atoms. The van der Waals surface area contributed by atoms with E-state index in [-0.39, 0.29) is 17.4 Å². The zero-order valence-corrected chi connectivity index (χ0v) is 15.4. The highest BCUT2D eigenvalue weighted by atomic mass is 35.5. The van der Waals surface area contributed by atoms with Gasteiger partial charge in [0.2, 0.25) is 0 Å². The summed E-state index contributed by atoms with van der Waals surface area (Å²) in [5.74, 6) is 1.78. The Balaban J connectivity index is 1.51. The Morgan fingerprint density at radius 1 is 1.31 bits per heavy atom. The third-order valence-electron chi connectivity index (χ3n) is 5.60. The first-order valence-corrected chi connectivity index (χ1v) is 9.68. The van der Waals surface area contributed by atoms with Gasteiger partial charge in [-0.05, 0) is 37.7 Å². The number of aromatic nitrogens is 3. The summed E-state index contributed by atoms with van der Waals surface area (Å²) >= 11 is 5.94. The summed E-state index contributed by atoms with van der Waals surface area (Å²) in [4.78, 5) is 33.7. The first kappa shape index (κ1) is 17.3. The number of H-pyrrole nitrogens is 1. The van der Waals surface area contributed by atoms with Crippen LogP contribution in [0, 0.1) is 5.92 Å². The van der Waals surface area contributed by atoms with Gasteiger partial charge < -0.3 is 14.5 Å². The van der Waals surface area contributed by atoms with E-state index in [1.807, 2.05) is 6.20 Å². The summed E-state index contributed by atoms with van der Waals surface area (Å²) in [6, 6.07) is 1.45. The van der Waals surface area contributed by atoms with Crippen LogP contribution in [-0.4, -0.2) is 38.4 Å². The van der Waals surface area contributed by atoms with Crippen LogP contribution in [-0.2, 0) is 6.54 Å². The van der Waals surface area contributed by atoms with Crippen molar-refractivity contribution in [3.05, 3.63) is 51.4 Å². The lowest BCUT2D eigenvalue weighted by molar-refractivity contribution is 0.0700. The van der Waals surface area contributed by atoms with Crippen LogP contribution in [0.15, 0.2) is 29.5 Å². The number of aromatic amines is 1. The Bertz CT molecular complexity index is 855. The van der Waals surface area contributed by atoms with Gasteiger partial charge >= 0.3 is 0 Å². The smallest absolute Gasteiger partial charge is 0.260 e. The summed E-state index contributed by atoms with van der Waals surface area (Å²) in [5, 5.41) is 0.359. The number of pyridine rings is 1. The van der Waals surface area contributed by atoms with Gasteiger partial charge in [-0.2, -0.15) is 0 Å². The second-order valence-electron chi connectivity index (χ2n) is 7.39. The molecule has 1 aliphatic carbocycles. The number of nitrogens with one attached hydrogen (secondary N) is 1. The Morgan fingerprint density at radius 2 is 2.15 bits per heavy atom. The number of rotatable bonds is 4. The van der Waals surface area contributed by atoms with Crippen LogP contribution in [0.2, 0.25) is 5.02 Å². The minimum Gasteiger partial charge on any atom is -0.338 e. The van der Waals surface area contributed by atoms with Gasteiger partial charge in [-0.3, -0.25) is 9.59 Å². The van der Waals surface area contributed by atoms with Crippen LogP contribution in [0.5, 0.6) is 0 Å². The number of carbonyl (C=O) groups excluding carboxylic acids is 1. The van der Waals surface area contributed by atoms with Crippen molar-refractivity contribution in [2.45, 2.75) is 44.6 Å². The first-order chi connectivity index (χ1) is 12.6. The number of carbonyl (C=O) groups is 1. The lowest BCUT2D eigenvalue weighted by atomic mass is 9.85. The summed E-state index contributed by atoms with van der Waals surface area (Å²) in [5.41, 5.74) is -0.288. The molecular formula is C19H23ClN4O2. The standard InChI is InChI=1S/C19H23ClN4O2/c20-15-9-16(18(25)22-10-15)19(26)24-7-2-5-14(12-24)17-21-6-8-23(17)11-13-3-1-4-13/h6,8-10,13-14H,1-5,7,11-12H2,(H,22,25)/t14-/m0/s1. The molecule has 6 nitrogen and oxygen atoms in total. The van der Waals surface area contributed by atoms with Gasteiger partial charge in [-0.25, -0.2) is 4.98 Å². The van der Waals surface area contributed by atoms with E-state index < -0.39 is 5.56 Å². The van der Waals surface area contributed by atoms with Crippen molar-refractivity contribution in [3.63, 3.8) is 0 Å². The van der Waals surface area contributed by atoms with Crippen molar-refractivity contribution in [2.75, 3.05) is 13.1 Å². The van der Waals surface area contributed by atoms with Gasteiger partial charge in [0.1, 0.15) is 11.4 Å². The molecule has 1 aliphatic heterocycles. The predicted octanol–water partition coefficient (Wildman–Crippen LogP) is 3.04. The lowest BCUT2D eigenvalue weighted by Crippen LogP contribution is -2.41. The third-order valence-corrected chi connectivity index (χ3v) is 5.82. The molecule has 0 bridgehead atoms. The van der Waals surface area contributed by atoms with Crippen LogP contribution in [0.25, 0.3) is 0 Å². The number of hydrogen-bond donors (Lipinski definition) is 1.